The molecule has 0 radical (unpaired) electrons. The Morgan fingerprint density at radius 2 is 0.410 bits per heavy atom. The third-order valence-electron chi connectivity index (χ3n) is 27.2. The second-order valence-electron chi connectivity index (χ2n) is 32.5. The predicted octanol–water partition coefficient (Wildman–Crippen LogP) is 17.1. The highest BCUT2D eigenvalue weighted by Crippen LogP contribution is 2.66. The summed E-state index contributed by atoms with van der Waals surface area (Å²) in [6, 6.07) is 172. The van der Waals surface area contributed by atoms with E-state index in [9.17, 15) is 0 Å². The lowest BCUT2D eigenvalue weighted by Gasteiger charge is -2.46. The summed E-state index contributed by atoms with van der Waals surface area (Å²) in [5.74, 6) is 0. The van der Waals surface area contributed by atoms with E-state index in [0.29, 0.717) is 0 Å². The Hall–Kier alpha value is -14.2. The zero-order valence-electron chi connectivity index (χ0n) is 64.4. The molecule has 2 aliphatic carbocycles. The Morgan fingerprint density at radius 3 is 0.709 bits per heavy atom. The molecule has 0 unspecified atom stereocenters. The molecule has 4 aliphatic heterocycles. The average molecular weight is 1480 g/mol. The van der Waals surface area contributed by atoms with Crippen LogP contribution in [0.2, 0.25) is 0 Å². The normalized spacial score (nSPS) is 14.6. The van der Waals surface area contributed by atoms with Crippen LogP contribution >= 0.6 is 0 Å². The first kappa shape index (κ1) is 67.3. The maximum absolute atomic E-state index is 2.64. The quantitative estimate of drug-likeness (QED) is 0.126. The Morgan fingerprint density at radius 1 is 0.171 bits per heavy atom. The SMILES string of the molecule is c1ccc(B2c3ccccc3B(c3ccccc3)c3c2ccc2c3-c3cc(N4c5ccccc5C(c5ccccc5)(c5ccccc5)c5ccccc54)ccc3C23c2ccc(N4c5ccccc5C(c5ccccc5)(c5ccccc5)c5ccccc54)cc2-c2c3ccc3c2B(c2ccccc2)c2ccccc2B3c2ccccc2)cc1. The maximum atomic E-state index is 2.64. The number of hydrogen-bond donors (Lipinski definition) is 0. The zero-order valence-corrected chi connectivity index (χ0v) is 64.4. The first-order valence-corrected chi connectivity index (χ1v) is 41.4. The molecule has 18 aromatic carbocycles. The molecule has 4 heterocycles. The van der Waals surface area contributed by atoms with Crippen LogP contribution in [0, 0.1) is 0 Å². The standard InChI is InChI=1S/C111H74B4N2/c1-9-37-75(38-10-1)109(76-39-11-2-12-40-76)89-53-25-33-61-101(89)116(102-62-34-26-54-90(102)109)83-65-67-87-85(73-83)105-93(69-71-99-107(105)114(81-49-21-7-22-50-81)97-59-31-29-57-95(97)112(99)79-45-17-5-18-46-79)111(87)88-68-66-84(117-103-63-35-27-55-91(103)110(77-41-13-3-14-42-77,78-43-15-4-16-44-78)92-56-28-36-64-104(92)117)74-86(88)106-94(111)70-72-100-108(106)115(82-51-23-8-24-52-82)98-60-32-30-58-96(98)113(100)80-47-19-6-20-48-80/h1-74H. The number of benzene rings is 18. The molecule has 6 aliphatic rings. The van der Waals surface area contributed by atoms with E-state index in [-0.39, 0.29) is 26.9 Å². The van der Waals surface area contributed by atoms with Gasteiger partial charge in [0.05, 0.1) is 39.0 Å². The van der Waals surface area contributed by atoms with Gasteiger partial charge >= 0.3 is 0 Å². The first-order valence-electron chi connectivity index (χ1n) is 41.4. The Kier molecular flexibility index (Phi) is 15.2. The smallest absolute Gasteiger partial charge is 0.240 e. The van der Waals surface area contributed by atoms with Crippen LogP contribution in [0.4, 0.5) is 34.1 Å². The molecule has 1 spiro atoms. The maximum Gasteiger partial charge on any atom is 0.240 e. The van der Waals surface area contributed by atoms with Gasteiger partial charge in [-0.3, -0.25) is 0 Å². The number of fused-ring (bicyclic) bond motifs is 20. The van der Waals surface area contributed by atoms with E-state index >= 15 is 0 Å². The minimum absolute atomic E-state index is 0.0621. The van der Waals surface area contributed by atoms with Crippen LogP contribution in [0.15, 0.2) is 449 Å². The minimum Gasteiger partial charge on any atom is -0.310 e. The summed E-state index contributed by atoms with van der Waals surface area (Å²) in [4.78, 5) is 5.21. The molecule has 0 amide bonds. The molecule has 2 nitrogen and oxygen atoms in total. The van der Waals surface area contributed by atoms with Gasteiger partial charge in [0, 0.05) is 11.4 Å². The number of nitrogens with zero attached hydrogens (tertiary/aromatic N) is 2. The van der Waals surface area contributed by atoms with Crippen molar-refractivity contribution in [3.8, 4) is 22.3 Å². The Labute approximate surface area is 685 Å². The van der Waals surface area contributed by atoms with Crippen molar-refractivity contribution in [3.63, 3.8) is 0 Å². The van der Waals surface area contributed by atoms with E-state index < -0.39 is 16.2 Å². The molecule has 6 heteroatoms. The van der Waals surface area contributed by atoms with Crippen molar-refractivity contribution in [2.75, 3.05) is 9.80 Å². The van der Waals surface area contributed by atoms with Gasteiger partial charge in [-0.2, -0.15) is 0 Å². The van der Waals surface area contributed by atoms with Gasteiger partial charge < -0.3 is 9.80 Å². The van der Waals surface area contributed by atoms with E-state index in [2.05, 4.69) is 459 Å². The fourth-order valence-corrected chi connectivity index (χ4v) is 23.0. The molecule has 0 atom stereocenters. The molecular formula is C111H74B4N2. The molecule has 540 valence electrons. The Bertz CT molecular complexity index is 6380. The van der Waals surface area contributed by atoms with Gasteiger partial charge in [0.2, 0.25) is 26.9 Å². The van der Waals surface area contributed by atoms with Crippen molar-refractivity contribution >= 4 is 127 Å². The van der Waals surface area contributed by atoms with Gasteiger partial charge in [-0.25, -0.2) is 0 Å². The van der Waals surface area contributed by atoms with Gasteiger partial charge in [0.1, 0.15) is 0 Å². The van der Waals surface area contributed by atoms with Gasteiger partial charge in [0.15, 0.2) is 0 Å². The molecule has 0 saturated heterocycles. The summed E-state index contributed by atoms with van der Waals surface area (Å²) in [7, 11) is 0. The molecule has 18 aromatic rings. The third-order valence-corrected chi connectivity index (χ3v) is 27.2. The molecule has 0 fully saturated rings. The summed E-state index contributed by atoms with van der Waals surface area (Å²) < 4.78 is 0. The first-order chi connectivity index (χ1) is 58.1. The summed E-state index contributed by atoms with van der Waals surface area (Å²) in [6.45, 7) is -0.397. The van der Waals surface area contributed by atoms with Gasteiger partial charge in [-0.05, 0) is 138 Å². The van der Waals surface area contributed by atoms with E-state index in [0.717, 1.165) is 34.1 Å². The van der Waals surface area contributed by atoms with Gasteiger partial charge in [-0.1, -0.05) is 466 Å². The predicted molar refractivity (Wildman–Crippen MR) is 493 cm³/mol. The fraction of sp³-hybridized carbons (Fsp3) is 0.0270. The molecule has 0 aromatic heterocycles. The van der Waals surface area contributed by atoms with Crippen LogP contribution in [0.3, 0.4) is 0 Å². The Balaban J connectivity index is 0.839. The molecule has 0 N–H and O–H groups in total. The lowest BCUT2D eigenvalue weighted by Crippen LogP contribution is -2.75. The van der Waals surface area contributed by atoms with E-state index in [1.807, 2.05) is 0 Å². The van der Waals surface area contributed by atoms with Crippen LogP contribution in [-0.2, 0) is 16.2 Å². The highest BCUT2D eigenvalue weighted by atomic mass is 15.2. The average Bonchev–Trinajstić information content (AvgIpc) is 1.50. The topological polar surface area (TPSA) is 6.48 Å². The van der Waals surface area contributed by atoms with Crippen LogP contribution in [-0.4, -0.2) is 26.9 Å². The molecular weight excluding hydrogens is 1400 g/mol. The van der Waals surface area contributed by atoms with Crippen molar-refractivity contribution in [2.24, 2.45) is 0 Å². The summed E-state index contributed by atoms with van der Waals surface area (Å²) >= 11 is 0. The monoisotopic (exact) mass is 1480 g/mol. The molecule has 0 saturated carbocycles. The third kappa shape index (κ3) is 9.44. The minimum atomic E-state index is -0.877. The fourth-order valence-electron chi connectivity index (χ4n) is 23.0. The molecule has 117 heavy (non-hydrogen) atoms. The zero-order chi connectivity index (χ0) is 76.9. The van der Waals surface area contributed by atoms with Crippen molar-refractivity contribution in [1.29, 1.82) is 0 Å². The van der Waals surface area contributed by atoms with Crippen molar-refractivity contribution < 1.29 is 0 Å². The van der Waals surface area contributed by atoms with Crippen LogP contribution in [0.25, 0.3) is 22.3 Å². The second-order valence-corrected chi connectivity index (χ2v) is 32.5. The number of rotatable bonds is 10. The van der Waals surface area contributed by atoms with E-state index in [1.54, 1.807) is 0 Å². The van der Waals surface area contributed by atoms with Gasteiger partial charge in [-0.15, -0.1) is 0 Å². The molecule has 0 bridgehead atoms. The summed E-state index contributed by atoms with van der Waals surface area (Å²) in [6.07, 6.45) is 0. The lowest BCUT2D eigenvalue weighted by molar-refractivity contribution is 0.731. The largest absolute Gasteiger partial charge is 0.310 e. The lowest BCUT2D eigenvalue weighted by atomic mass is 9.20. The van der Waals surface area contributed by atoms with Crippen molar-refractivity contribution in [1.82, 2.24) is 0 Å². The number of para-hydroxylation sites is 4. The van der Waals surface area contributed by atoms with E-state index in [4.69, 9.17) is 0 Å². The molecule has 24 rings (SSSR count). The van der Waals surface area contributed by atoms with Crippen LogP contribution in [0.1, 0.15) is 66.8 Å². The van der Waals surface area contributed by atoms with Crippen molar-refractivity contribution in [3.05, 3.63) is 516 Å². The number of anilines is 6. The van der Waals surface area contributed by atoms with Crippen LogP contribution in [0.5, 0.6) is 0 Å². The number of hydrogen-bond acceptors (Lipinski definition) is 2. The van der Waals surface area contributed by atoms with Crippen molar-refractivity contribution in [2.45, 2.75) is 16.2 Å². The summed E-state index contributed by atoms with van der Waals surface area (Å²) in [5.41, 5.74) is 40.6. The second kappa shape index (κ2) is 26.4. The highest BCUT2D eigenvalue weighted by molar-refractivity contribution is 7.13. The van der Waals surface area contributed by atoms with Crippen LogP contribution < -0.4 is 75.4 Å². The van der Waals surface area contributed by atoms with Gasteiger partial charge in [0.25, 0.3) is 0 Å². The summed E-state index contributed by atoms with van der Waals surface area (Å²) in [5, 5.41) is 0. The highest BCUT2D eigenvalue weighted by Gasteiger charge is 2.58. The van der Waals surface area contributed by atoms with E-state index in [1.165, 1.54) is 155 Å².